The van der Waals surface area contributed by atoms with E-state index in [1.54, 1.807) is 11.3 Å². The minimum atomic E-state index is 0.113. The first-order valence-corrected chi connectivity index (χ1v) is 6.76. The highest BCUT2D eigenvalue weighted by Crippen LogP contribution is 2.23. The molecule has 0 amide bonds. The van der Waals surface area contributed by atoms with Crippen LogP contribution in [-0.2, 0) is 6.42 Å². The zero-order valence-corrected chi connectivity index (χ0v) is 10.8. The van der Waals surface area contributed by atoms with E-state index in [0.29, 0.717) is 5.92 Å². The number of nitrogens with zero attached hydrogens (tertiary/aromatic N) is 1. The summed E-state index contributed by atoms with van der Waals surface area (Å²) < 4.78 is 0. The van der Waals surface area contributed by atoms with Crippen LogP contribution < -0.4 is 5.73 Å². The van der Waals surface area contributed by atoms with Crippen molar-refractivity contribution in [3.8, 4) is 0 Å². The van der Waals surface area contributed by atoms with Gasteiger partial charge in [-0.1, -0.05) is 33.6 Å². The van der Waals surface area contributed by atoms with Crippen molar-refractivity contribution in [3.05, 3.63) is 16.1 Å². The minimum absolute atomic E-state index is 0.113. The molecule has 0 fully saturated rings. The molecule has 2 atom stereocenters. The largest absolute Gasteiger partial charge is 0.322 e. The average Bonchev–Trinajstić information content (AvgIpc) is 2.72. The van der Waals surface area contributed by atoms with E-state index in [2.05, 4.69) is 31.1 Å². The maximum absolute atomic E-state index is 6.14. The van der Waals surface area contributed by atoms with Gasteiger partial charge in [-0.2, -0.15) is 0 Å². The second kappa shape index (κ2) is 6.23. The van der Waals surface area contributed by atoms with Gasteiger partial charge in [0.05, 0.1) is 16.7 Å². The summed E-state index contributed by atoms with van der Waals surface area (Å²) in [6, 6.07) is 0.113. The molecule has 1 rings (SSSR count). The Bertz CT molecular complexity index is 283. The molecule has 0 aromatic carbocycles. The molecule has 15 heavy (non-hydrogen) atoms. The second-order valence-corrected chi connectivity index (χ2v) is 5.12. The molecule has 0 saturated heterocycles. The Morgan fingerprint density at radius 1 is 1.47 bits per heavy atom. The van der Waals surface area contributed by atoms with Crippen LogP contribution in [0.4, 0.5) is 0 Å². The maximum Gasteiger partial charge on any atom is 0.0928 e. The van der Waals surface area contributed by atoms with Gasteiger partial charge in [0.1, 0.15) is 0 Å². The van der Waals surface area contributed by atoms with E-state index < -0.39 is 0 Å². The first-order valence-electron chi connectivity index (χ1n) is 5.88. The Labute approximate surface area is 96.9 Å². The van der Waals surface area contributed by atoms with Crippen molar-refractivity contribution >= 4 is 11.3 Å². The minimum Gasteiger partial charge on any atom is -0.322 e. The molecule has 2 unspecified atom stereocenters. The van der Waals surface area contributed by atoms with Crippen molar-refractivity contribution in [2.45, 2.75) is 52.5 Å². The maximum atomic E-state index is 6.14. The third kappa shape index (κ3) is 3.58. The van der Waals surface area contributed by atoms with E-state index in [1.165, 1.54) is 17.8 Å². The lowest BCUT2D eigenvalue weighted by molar-refractivity contribution is 0.449. The predicted octanol–water partition coefficient (Wildman–Crippen LogP) is 3.53. The summed E-state index contributed by atoms with van der Waals surface area (Å²) >= 11 is 1.75. The van der Waals surface area contributed by atoms with Crippen LogP contribution in [0.25, 0.3) is 0 Å². The summed E-state index contributed by atoms with van der Waals surface area (Å²) in [5, 5.41) is 3.37. The fourth-order valence-electron chi connectivity index (χ4n) is 1.47. The number of aromatic nitrogens is 1. The van der Waals surface area contributed by atoms with Crippen LogP contribution in [0.2, 0.25) is 0 Å². The molecule has 0 bridgehead atoms. The van der Waals surface area contributed by atoms with Crippen molar-refractivity contribution < 1.29 is 0 Å². The Morgan fingerprint density at radius 2 is 2.20 bits per heavy atom. The average molecular weight is 226 g/mol. The van der Waals surface area contributed by atoms with Crippen LogP contribution in [-0.4, -0.2) is 4.98 Å². The summed E-state index contributed by atoms with van der Waals surface area (Å²) in [5.74, 6) is 0.520. The highest BCUT2D eigenvalue weighted by Gasteiger charge is 2.15. The van der Waals surface area contributed by atoms with E-state index in [-0.39, 0.29) is 6.04 Å². The number of rotatable bonds is 6. The molecule has 86 valence electrons. The summed E-state index contributed by atoms with van der Waals surface area (Å²) in [7, 11) is 0. The lowest BCUT2D eigenvalue weighted by Gasteiger charge is -2.15. The van der Waals surface area contributed by atoms with Crippen LogP contribution in [0.3, 0.4) is 0 Å². The standard InChI is InChI=1S/C12H22N2S/c1-4-6-7-11-14-10(8-15-11)12(13)9(3)5-2/h8-9,12H,4-7,13H2,1-3H3. The molecule has 2 N–H and O–H groups in total. The van der Waals surface area contributed by atoms with Gasteiger partial charge >= 0.3 is 0 Å². The van der Waals surface area contributed by atoms with Gasteiger partial charge in [-0.3, -0.25) is 0 Å². The Balaban J connectivity index is 2.58. The number of nitrogens with two attached hydrogens (primary N) is 1. The first kappa shape index (κ1) is 12.7. The molecular weight excluding hydrogens is 204 g/mol. The lowest BCUT2D eigenvalue weighted by atomic mass is 9.98. The number of thiazole rings is 1. The lowest BCUT2D eigenvalue weighted by Crippen LogP contribution is -2.18. The van der Waals surface area contributed by atoms with Gasteiger partial charge < -0.3 is 5.73 Å². The van der Waals surface area contributed by atoms with E-state index in [9.17, 15) is 0 Å². The van der Waals surface area contributed by atoms with Gasteiger partial charge in [0.15, 0.2) is 0 Å². The van der Waals surface area contributed by atoms with Gasteiger partial charge in [0.25, 0.3) is 0 Å². The summed E-state index contributed by atoms with van der Waals surface area (Å²) in [4.78, 5) is 4.61. The topological polar surface area (TPSA) is 38.9 Å². The summed E-state index contributed by atoms with van der Waals surface area (Å²) in [5.41, 5.74) is 7.22. The highest BCUT2D eigenvalue weighted by atomic mass is 32.1. The molecule has 0 saturated carbocycles. The summed E-state index contributed by atoms with van der Waals surface area (Å²) in [6.45, 7) is 6.57. The number of hydrogen-bond donors (Lipinski definition) is 1. The van der Waals surface area contributed by atoms with Gasteiger partial charge in [0, 0.05) is 5.38 Å². The first-order chi connectivity index (χ1) is 7.19. The molecular formula is C12H22N2S. The van der Waals surface area contributed by atoms with E-state index in [4.69, 9.17) is 5.73 Å². The van der Waals surface area contributed by atoms with Crippen LogP contribution in [0.1, 0.15) is 56.8 Å². The third-order valence-electron chi connectivity index (χ3n) is 2.91. The monoisotopic (exact) mass is 226 g/mol. The molecule has 1 heterocycles. The van der Waals surface area contributed by atoms with Crippen molar-refractivity contribution in [1.82, 2.24) is 4.98 Å². The number of aryl methyl sites for hydroxylation is 1. The van der Waals surface area contributed by atoms with Crippen molar-refractivity contribution in [1.29, 1.82) is 0 Å². The van der Waals surface area contributed by atoms with Gasteiger partial charge in [-0.05, 0) is 18.8 Å². The normalized spacial score (nSPS) is 15.2. The molecule has 0 aliphatic carbocycles. The van der Waals surface area contributed by atoms with Crippen molar-refractivity contribution in [3.63, 3.8) is 0 Å². The molecule has 1 aromatic rings. The fourth-order valence-corrected chi connectivity index (χ4v) is 2.35. The van der Waals surface area contributed by atoms with E-state index >= 15 is 0 Å². The number of unbranched alkanes of at least 4 members (excludes halogenated alkanes) is 1. The van der Waals surface area contributed by atoms with Crippen LogP contribution in [0.15, 0.2) is 5.38 Å². The molecule has 0 aliphatic heterocycles. The molecule has 0 radical (unpaired) electrons. The quantitative estimate of drug-likeness (QED) is 0.806. The Morgan fingerprint density at radius 3 is 2.80 bits per heavy atom. The van der Waals surface area contributed by atoms with Gasteiger partial charge in [-0.25, -0.2) is 4.98 Å². The molecule has 0 aliphatic rings. The van der Waals surface area contributed by atoms with E-state index in [0.717, 1.165) is 18.5 Å². The zero-order valence-electron chi connectivity index (χ0n) is 9.99. The highest BCUT2D eigenvalue weighted by molar-refractivity contribution is 7.09. The van der Waals surface area contributed by atoms with Crippen LogP contribution >= 0.6 is 11.3 Å². The zero-order chi connectivity index (χ0) is 11.3. The molecule has 2 nitrogen and oxygen atoms in total. The summed E-state index contributed by atoms with van der Waals surface area (Å²) in [6.07, 6.45) is 4.68. The van der Waals surface area contributed by atoms with Gasteiger partial charge in [0.2, 0.25) is 0 Å². The SMILES string of the molecule is CCCCc1nc(C(N)C(C)CC)cs1. The van der Waals surface area contributed by atoms with E-state index in [1.807, 2.05) is 0 Å². The van der Waals surface area contributed by atoms with Crippen LogP contribution in [0, 0.1) is 5.92 Å². The van der Waals surface area contributed by atoms with Gasteiger partial charge in [-0.15, -0.1) is 11.3 Å². The molecule has 1 aromatic heterocycles. The fraction of sp³-hybridized carbons (Fsp3) is 0.750. The van der Waals surface area contributed by atoms with Crippen molar-refractivity contribution in [2.24, 2.45) is 11.7 Å². The third-order valence-corrected chi connectivity index (χ3v) is 3.84. The number of hydrogen-bond acceptors (Lipinski definition) is 3. The Kier molecular flexibility index (Phi) is 5.26. The molecule has 3 heteroatoms. The predicted molar refractivity (Wildman–Crippen MR) is 67.1 cm³/mol. The van der Waals surface area contributed by atoms with Crippen LogP contribution in [0.5, 0.6) is 0 Å². The Hall–Kier alpha value is -0.410. The smallest absolute Gasteiger partial charge is 0.0928 e. The van der Waals surface area contributed by atoms with Crippen molar-refractivity contribution in [2.75, 3.05) is 0 Å². The second-order valence-electron chi connectivity index (χ2n) is 4.18. The molecule has 0 spiro atoms.